The molecule has 1 fully saturated rings. The van der Waals surface area contributed by atoms with Crippen LogP contribution in [0.4, 0.5) is 10.1 Å². The first-order valence-corrected chi connectivity index (χ1v) is 7.66. The Morgan fingerprint density at radius 3 is 3.00 bits per heavy atom. The van der Waals surface area contributed by atoms with Crippen LogP contribution in [0.5, 0.6) is 0 Å². The fourth-order valence-electron chi connectivity index (χ4n) is 2.58. The number of aliphatic hydroxyl groups is 1. The fourth-order valence-corrected chi connectivity index (χ4v) is 2.58. The molecule has 2 unspecified atom stereocenters. The number of ether oxygens (including phenoxy) is 1. The maximum Gasteiger partial charge on any atom is 0.146 e. The average Bonchev–Trinajstić information content (AvgIpc) is 2.52. The average molecular weight is 296 g/mol. The van der Waals surface area contributed by atoms with Gasteiger partial charge in [0, 0.05) is 19.1 Å². The summed E-state index contributed by atoms with van der Waals surface area (Å²) in [5.74, 6) is -0.212. The summed E-state index contributed by atoms with van der Waals surface area (Å²) in [7, 11) is 0. The van der Waals surface area contributed by atoms with Crippen LogP contribution in [0.1, 0.15) is 31.9 Å². The first-order valence-electron chi connectivity index (χ1n) is 7.66. The van der Waals surface area contributed by atoms with Crippen molar-refractivity contribution in [3.63, 3.8) is 0 Å². The highest BCUT2D eigenvalue weighted by Gasteiger charge is 2.22. The Labute approximate surface area is 125 Å². The molecule has 21 heavy (non-hydrogen) atoms. The summed E-state index contributed by atoms with van der Waals surface area (Å²) in [6, 6.07) is 5.54. The Bertz CT molecular complexity index is 456. The number of rotatable bonds is 6. The van der Waals surface area contributed by atoms with E-state index in [0.717, 1.165) is 18.5 Å². The Morgan fingerprint density at radius 1 is 1.52 bits per heavy atom. The standard InChI is InChI=1S/C16H25FN2O2/c1-3-6-18-12(2)13-4-5-16(15(17)9-13)19-7-8-21-14(10-19)11-20/h4-5,9,12,14,18,20H,3,6-8,10-11H2,1-2H3. The van der Waals surface area contributed by atoms with Gasteiger partial charge in [-0.05, 0) is 37.6 Å². The topological polar surface area (TPSA) is 44.7 Å². The normalized spacial score (nSPS) is 20.6. The first-order chi connectivity index (χ1) is 10.2. The van der Waals surface area contributed by atoms with E-state index in [9.17, 15) is 9.50 Å². The maximum absolute atomic E-state index is 14.4. The number of hydrogen-bond donors (Lipinski definition) is 2. The molecule has 1 heterocycles. The molecule has 2 atom stereocenters. The molecule has 1 aliphatic heterocycles. The number of halogens is 1. The number of anilines is 1. The zero-order chi connectivity index (χ0) is 15.2. The van der Waals surface area contributed by atoms with Crippen molar-refractivity contribution < 1.29 is 14.2 Å². The van der Waals surface area contributed by atoms with E-state index >= 15 is 0 Å². The van der Waals surface area contributed by atoms with E-state index in [0.29, 0.717) is 25.4 Å². The predicted octanol–water partition coefficient (Wildman–Crippen LogP) is 2.08. The number of benzene rings is 1. The number of nitrogens with one attached hydrogen (secondary N) is 1. The molecule has 118 valence electrons. The van der Waals surface area contributed by atoms with Crippen LogP contribution in [0.3, 0.4) is 0 Å². The largest absolute Gasteiger partial charge is 0.394 e. The van der Waals surface area contributed by atoms with Crippen molar-refractivity contribution in [3.8, 4) is 0 Å². The van der Waals surface area contributed by atoms with Crippen LogP contribution in [0.2, 0.25) is 0 Å². The summed E-state index contributed by atoms with van der Waals surface area (Å²) >= 11 is 0. The van der Waals surface area contributed by atoms with Gasteiger partial charge >= 0.3 is 0 Å². The minimum atomic E-state index is -0.233. The maximum atomic E-state index is 14.4. The van der Waals surface area contributed by atoms with Gasteiger partial charge in [-0.15, -0.1) is 0 Å². The van der Waals surface area contributed by atoms with Gasteiger partial charge in [0.1, 0.15) is 5.82 Å². The zero-order valence-corrected chi connectivity index (χ0v) is 12.8. The molecule has 5 heteroatoms. The Kier molecular flexibility index (Phi) is 5.96. The van der Waals surface area contributed by atoms with Gasteiger partial charge in [0.2, 0.25) is 0 Å². The lowest BCUT2D eigenvalue weighted by Gasteiger charge is -2.34. The van der Waals surface area contributed by atoms with E-state index in [-0.39, 0.29) is 24.6 Å². The summed E-state index contributed by atoms with van der Waals surface area (Å²) in [4.78, 5) is 1.94. The van der Waals surface area contributed by atoms with E-state index in [2.05, 4.69) is 12.2 Å². The van der Waals surface area contributed by atoms with Gasteiger partial charge in [0.05, 0.1) is 25.0 Å². The van der Waals surface area contributed by atoms with Crippen LogP contribution in [0, 0.1) is 5.82 Å². The van der Waals surface area contributed by atoms with E-state index in [1.807, 2.05) is 24.0 Å². The third-order valence-corrected chi connectivity index (χ3v) is 3.86. The smallest absolute Gasteiger partial charge is 0.146 e. The van der Waals surface area contributed by atoms with Crippen molar-refractivity contribution in [2.75, 3.05) is 37.7 Å². The molecule has 1 saturated heterocycles. The molecule has 1 aliphatic rings. The molecular weight excluding hydrogens is 271 g/mol. The Hall–Kier alpha value is -1.17. The second-order valence-electron chi connectivity index (χ2n) is 5.51. The van der Waals surface area contributed by atoms with Crippen LogP contribution in [-0.4, -0.2) is 44.1 Å². The minimum Gasteiger partial charge on any atom is -0.394 e. The van der Waals surface area contributed by atoms with Gasteiger partial charge in [0.15, 0.2) is 0 Å². The van der Waals surface area contributed by atoms with Crippen LogP contribution < -0.4 is 10.2 Å². The molecule has 1 aromatic rings. The first kappa shape index (κ1) is 16.2. The third kappa shape index (κ3) is 4.15. The van der Waals surface area contributed by atoms with Gasteiger partial charge in [0.25, 0.3) is 0 Å². The molecule has 0 aliphatic carbocycles. The lowest BCUT2D eigenvalue weighted by Crippen LogP contribution is -2.44. The highest BCUT2D eigenvalue weighted by molar-refractivity contribution is 5.50. The SMILES string of the molecule is CCCNC(C)c1ccc(N2CCOC(CO)C2)c(F)c1. The zero-order valence-electron chi connectivity index (χ0n) is 12.8. The summed E-state index contributed by atoms with van der Waals surface area (Å²) in [6.07, 6.45) is 0.823. The second kappa shape index (κ2) is 7.73. The molecule has 0 bridgehead atoms. The van der Waals surface area contributed by atoms with Crippen molar-refractivity contribution in [2.45, 2.75) is 32.4 Å². The molecule has 0 amide bonds. The minimum absolute atomic E-state index is 0.0336. The van der Waals surface area contributed by atoms with Crippen molar-refractivity contribution in [3.05, 3.63) is 29.6 Å². The Balaban J connectivity index is 2.08. The van der Waals surface area contributed by atoms with Crippen molar-refractivity contribution >= 4 is 5.69 Å². The monoisotopic (exact) mass is 296 g/mol. The van der Waals surface area contributed by atoms with E-state index in [4.69, 9.17) is 4.74 Å². The van der Waals surface area contributed by atoms with Gasteiger partial charge in [-0.25, -0.2) is 4.39 Å². The summed E-state index contributed by atoms with van der Waals surface area (Å²) in [5, 5.41) is 12.5. The summed E-state index contributed by atoms with van der Waals surface area (Å²) in [5.41, 5.74) is 1.54. The Morgan fingerprint density at radius 2 is 2.33 bits per heavy atom. The van der Waals surface area contributed by atoms with Crippen molar-refractivity contribution in [1.82, 2.24) is 5.32 Å². The second-order valence-corrected chi connectivity index (χ2v) is 5.51. The van der Waals surface area contributed by atoms with Gasteiger partial charge < -0.3 is 20.1 Å². The number of morpholine rings is 1. The summed E-state index contributed by atoms with van der Waals surface area (Å²) in [6.45, 7) is 6.73. The summed E-state index contributed by atoms with van der Waals surface area (Å²) < 4.78 is 19.8. The fraction of sp³-hybridized carbons (Fsp3) is 0.625. The highest BCUT2D eigenvalue weighted by atomic mass is 19.1. The molecule has 2 rings (SSSR count). The number of hydrogen-bond acceptors (Lipinski definition) is 4. The molecular formula is C16H25FN2O2. The van der Waals surface area contributed by atoms with E-state index in [1.165, 1.54) is 0 Å². The van der Waals surface area contributed by atoms with Crippen molar-refractivity contribution in [1.29, 1.82) is 0 Å². The highest BCUT2D eigenvalue weighted by Crippen LogP contribution is 2.25. The van der Waals surface area contributed by atoms with E-state index < -0.39 is 0 Å². The quantitative estimate of drug-likeness (QED) is 0.844. The molecule has 0 radical (unpaired) electrons. The molecule has 1 aromatic carbocycles. The van der Waals surface area contributed by atoms with Gasteiger partial charge in [-0.3, -0.25) is 0 Å². The molecule has 0 spiro atoms. The number of nitrogens with zero attached hydrogens (tertiary/aromatic N) is 1. The van der Waals surface area contributed by atoms with E-state index in [1.54, 1.807) is 6.07 Å². The van der Waals surface area contributed by atoms with Crippen LogP contribution >= 0.6 is 0 Å². The lowest BCUT2D eigenvalue weighted by atomic mass is 10.1. The van der Waals surface area contributed by atoms with Crippen LogP contribution in [0.25, 0.3) is 0 Å². The lowest BCUT2D eigenvalue weighted by molar-refractivity contribution is 0.00340. The number of aliphatic hydroxyl groups excluding tert-OH is 1. The van der Waals surface area contributed by atoms with Gasteiger partial charge in [-0.1, -0.05) is 13.0 Å². The molecule has 4 nitrogen and oxygen atoms in total. The van der Waals surface area contributed by atoms with Crippen LogP contribution in [-0.2, 0) is 4.74 Å². The van der Waals surface area contributed by atoms with Crippen molar-refractivity contribution in [2.24, 2.45) is 0 Å². The molecule has 0 aromatic heterocycles. The van der Waals surface area contributed by atoms with Crippen LogP contribution in [0.15, 0.2) is 18.2 Å². The molecule has 2 N–H and O–H groups in total. The predicted molar refractivity (Wildman–Crippen MR) is 82.1 cm³/mol. The van der Waals surface area contributed by atoms with Gasteiger partial charge in [-0.2, -0.15) is 0 Å². The third-order valence-electron chi connectivity index (χ3n) is 3.86. The molecule has 0 saturated carbocycles.